The number of carbonyl (C=O) groups excluding carboxylic acids is 1. The van der Waals surface area contributed by atoms with E-state index in [9.17, 15) is 4.79 Å². The van der Waals surface area contributed by atoms with Gasteiger partial charge in [-0.25, -0.2) is 9.36 Å². The topological polar surface area (TPSA) is 93.8 Å². The number of nitrogens with zero attached hydrogens (tertiary/aromatic N) is 7. The molecular weight excluding hydrogens is 332 g/mol. The molecule has 1 saturated heterocycles. The fraction of sp³-hybridized carbons (Fsp3) is 0.353. The number of rotatable bonds is 5. The van der Waals surface area contributed by atoms with Gasteiger partial charge in [-0.1, -0.05) is 40.8 Å². The molecule has 1 N–H and O–H groups in total. The van der Waals surface area contributed by atoms with Crippen LogP contribution in [0.15, 0.2) is 48.9 Å². The smallest absolute Gasteiger partial charge is 0.271 e. The summed E-state index contributed by atoms with van der Waals surface area (Å²) >= 11 is 0. The zero-order valence-electron chi connectivity index (χ0n) is 14.4. The van der Waals surface area contributed by atoms with Crippen LogP contribution in [-0.4, -0.2) is 59.9 Å². The average molecular weight is 352 g/mol. The van der Waals surface area contributed by atoms with Crippen LogP contribution in [-0.2, 0) is 13.6 Å². The minimum Gasteiger partial charge on any atom is -0.344 e. The number of aromatic nitrogens is 6. The van der Waals surface area contributed by atoms with Crippen LogP contribution in [0.4, 0.5) is 0 Å². The Morgan fingerprint density at radius 2 is 2.04 bits per heavy atom. The highest BCUT2D eigenvalue weighted by Crippen LogP contribution is 2.23. The van der Waals surface area contributed by atoms with E-state index in [1.54, 1.807) is 13.2 Å². The van der Waals surface area contributed by atoms with Crippen molar-refractivity contribution >= 4 is 5.91 Å². The van der Waals surface area contributed by atoms with E-state index in [0.717, 1.165) is 19.6 Å². The predicted molar refractivity (Wildman–Crippen MR) is 93.0 cm³/mol. The Balaban J connectivity index is 1.51. The molecule has 0 aliphatic carbocycles. The maximum absolute atomic E-state index is 12.6. The van der Waals surface area contributed by atoms with Gasteiger partial charge in [0.2, 0.25) is 0 Å². The first-order valence-electron chi connectivity index (χ1n) is 8.48. The maximum Gasteiger partial charge on any atom is 0.271 e. The summed E-state index contributed by atoms with van der Waals surface area (Å²) in [4.78, 5) is 14.9. The number of amides is 1. The van der Waals surface area contributed by atoms with Gasteiger partial charge in [0, 0.05) is 32.9 Å². The molecule has 1 aliphatic rings. The Kier molecular flexibility index (Phi) is 4.44. The van der Waals surface area contributed by atoms with Gasteiger partial charge in [-0.2, -0.15) is 0 Å². The Hall–Kier alpha value is -3.07. The van der Waals surface area contributed by atoms with Crippen LogP contribution in [0.1, 0.15) is 22.1 Å². The van der Waals surface area contributed by atoms with Gasteiger partial charge in [0.05, 0.1) is 24.5 Å². The molecule has 1 amide bonds. The van der Waals surface area contributed by atoms with Gasteiger partial charge in [0.15, 0.2) is 0 Å². The van der Waals surface area contributed by atoms with Crippen LogP contribution >= 0.6 is 0 Å². The number of hydrogen-bond donors (Lipinski definition) is 1. The summed E-state index contributed by atoms with van der Waals surface area (Å²) in [5.74, 6) is -0.186. The largest absolute Gasteiger partial charge is 0.344 e. The monoisotopic (exact) mass is 352 g/mol. The van der Waals surface area contributed by atoms with Gasteiger partial charge >= 0.3 is 0 Å². The second-order valence-electron chi connectivity index (χ2n) is 6.45. The zero-order chi connectivity index (χ0) is 17.9. The van der Waals surface area contributed by atoms with Crippen LogP contribution in [0.2, 0.25) is 0 Å². The molecule has 134 valence electrons. The fourth-order valence-electron chi connectivity index (χ4n) is 3.38. The summed E-state index contributed by atoms with van der Waals surface area (Å²) in [6.45, 7) is 2.34. The number of aryl methyl sites for hydroxylation is 1. The highest BCUT2D eigenvalue weighted by molar-refractivity contribution is 5.92. The molecule has 0 spiro atoms. The zero-order valence-corrected chi connectivity index (χ0v) is 14.4. The van der Waals surface area contributed by atoms with E-state index in [1.165, 1.54) is 16.4 Å². The normalized spacial score (nSPS) is 20.3. The van der Waals surface area contributed by atoms with Crippen LogP contribution in [0.5, 0.6) is 0 Å². The Morgan fingerprint density at radius 1 is 1.19 bits per heavy atom. The number of hydrogen-bond acceptors (Lipinski definition) is 6. The molecule has 2 aromatic heterocycles. The molecule has 0 bridgehead atoms. The number of likely N-dealkylation sites (tertiary alicyclic amines) is 1. The first-order chi connectivity index (χ1) is 12.7. The number of nitrogens with one attached hydrogen (secondary N) is 1. The maximum atomic E-state index is 12.6. The molecule has 1 aromatic carbocycles. The third-order valence-corrected chi connectivity index (χ3v) is 4.66. The predicted octanol–water partition coefficient (Wildman–Crippen LogP) is 0.262. The van der Waals surface area contributed by atoms with Gasteiger partial charge in [-0.3, -0.25) is 9.69 Å². The van der Waals surface area contributed by atoms with Crippen LogP contribution in [0, 0.1) is 0 Å². The molecule has 26 heavy (non-hydrogen) atoms. The van der Waals surface area contributed by atoms with E-state index < -0.39 is 0 Å². The molecule has 1 fully saturated rings. The summed E-state index contributed by atoms with van der Waals surface area (Å²) in [5, 5.41) is 18.7. The third-order valence-electron chi connectivity index (χ3n) is 4.66. The van der Waals surface area contributed by atoms with E-state index in [-0.39, 0.29) is 18.0 Å². The van der Waals surface area contributed by atoms with Crippen molar-refractivity contribution in [2.75, 3.05) is 13.1 Å². The summed E-state index contributed by atoms with van der Waals surface area (Å²) in [5.41, 5.74) is 1.68. The van der Waals surface area contributed by atoms with Gasteiger partial charge < -0.3 is 5.32 Å². The van der Waals surface area contributed by atoms with Gasteiger partial charge in [0.1, 0.15) is 5.69 Å². The molecular formula is C17H20N8O. The minimum absolute atomic E-state index is 0.0198. The highest BCUT2D eigenvalue weighted by Gasteiger charge is 2.36. The second kappa shape index (κ2) is 7.04. The molecule has 4 rings (SSSR count). The van der Waals surface area contributed by atoms with Crippen molar-refractivity contribution in [3.63, 3.8) is 0 Å². The SMILES string of the molecule is Cn1nncc1C(=O)N[C@@H]1CN(Cc2ccccc2)C[C@@H]1n1ccnn1. The molecule has 3 aromatic rings. The lowest BCUT2D eigenvalue weighted by atomic mass is 10.1. The number of benzene rings is 1. The van der Waals surface area contributed by atoms with Gasteiger partial charge in [-0.15, -0.1) is 10.2 Å². The first-order valence-corrected chi connectivity index (χ1v) is 8.48. The quantitative estimate of drug-likeness (QED) is 0.708. The second-order valence-corrected chi connectivity index (χ2v) is 6.45. The summed E-state index contributed by atoms with van der Waals surface area (Å²) < 4.78 is 3.29. The molecule has 0 saturated carbocycles. The van der Waals surface area contributed by atoms with Crippen LogP contribution in [0.3, 0.4) is 0 Å². The van der Waals surface area contributed by atoms with Crippen molar-refractivity contribution in [3.05, 3.63) is 60.2 Å². The molecule has 9 heteroatoms. The van der Waals surface area contributed by atoms with Crippen molar-refractivity contribution in [3.8, 4) is 0 Å². The van der Waals surface area contributed by atoms with Crippen molar-refractivity contribution in [1.82, 2.24) is 40.2 Å². The van der Waals surface area contributed by atoms with Crippen molar-refractivity contribution < 1.29 is 4.79 Å². The number of carbonyl (C=O) groups is 1. The summed E-state index contributed by atoms with van der Waals surface area (Å²) in [6.07, 6.45) is 4.96. The van der Waals surface area contributed by atoms with Crippen LogP contribution < -0.4 is 5.32 Å². The van der Waals surface area contributed by atoms with Crippen LogP contribution in [0.25, 0.3) is 0 Å². The van der Waals surface area contributed by atoms with Crippen molar-refractivity contribution in [1.29, 1.82) is 0 Å². The summed E-state index contributed by atoms with van der Waals surface area (Å²) in [6, 6.07) is 10.2. The molecule has 0 unspecified atom stereocenters. The first kappa shape index (κ1) is 16.4. The minimum atomic E-state index is -0.186. The molecule has 2 atom stereocenters. The van der Waals surface area contributed by atoms with E-state index in [4.69, 9.17) is 0 Å². The Labute approximate surface area is 150 Å². The van der Waals surface area contributed by atoms with E-state index in [2.05, 4.69) is 43.0 Å². The van der Waals surface area contributed by atoms with E-state index in [1.807, 2.05) is 29.1 Å². The molecule has 1 aliphatic heterocycles. The lowest BCUT2D eigenvalue weighted by Gasteiger charge is -2.19. The highest BCUT2D eigenvalue weighted by atomic mass is 16.2. The Morgan fingerprint density at radius 3 is 2.73 bits per heavy atom. The fourth-order valence-corrected chi connectivity index (χ4v) is 3.38. The van der Waals surface area contributed by atoms with Crippen molar-refractivity contribution in [2.24, 2.45) is 7.05 Å². The lowest BCUT2D eigenvalue weighted by Crippen LogP contribution is -2.42. The Bertz CT molecular complexity index is 860. The average Bonchev–Trinajstić information content (AvgIpc) is 3.37. The standard InChI is InChI=1S/C17H20N8O/c1-23-15(9-19-21-23)17(26)20-14-11-24(10-13-5-3-2-4-6-13)12-16(14)25-8-7-18-22-25/h2-9,14,16H,10-12H2,1H3,(H,20,26)/t14-,16+/m1/s1. The van der Waals surface area contributed by atoms with E-state index >= 15 is 0 Å². The molecule has 9 nitrogen and oxygen atoms in total. The lowest BCUT2D eigenvalue weighted by molar-refractivity contribution is 0.0920. The third kappa shape index (κ3) is 3.33. The molecule has 3 heterocycles. The van der Waals surface area contributed by atoms with Gasteiger partial charge in [0.25, 0.3) is 5.91 Å². The van der Waals surface area contributed by atoms with Gasteiger partial charge in [-0.05, 0) is 5.56 Å². The van der Waals surface area contributed by atoms with Crippen molar-refractivity contribution in [2.45, 2.75) is 18.6 Å². The summed E-state index contributed by atoms with van der Waals surface area (Å²) in [7, 11) is 1.70. The molecule has 0 radical (unpaired) electrons. The van der Waals surface area contributed by atoms with E-state index in [0.29, 0.717) is 5.69 Å².